The Morgan fingerprint density at radius 1 is 0.966 bits per heavy atom. The molecule has 2 aliphatic rings. The van der Waals surface area contributed by atoms with Crippen LogP contribution in [0.2, 0.25) is 0 Å². The maximum absolute atomic E-state index is 6.33. The largest absolute Gasteiger partial charge is 0.504 e. The zero-order valence-corrected chi connectivity index (χ0v) is 17.2. The Hall–Kier alpha value is -2.86. The van der Waals surface area contributed by atoms with Crippen molar-refractivity contribution in [1.29, 1.82) is 0 Å². The molecule has 0 spiro atoms. The van der Waals surface area contributed by atoms with Gasteiger partial charge in [-0.3, -0.25) is 0 Å². The van der Waals surface area contributed by atoms with Crippen LogP contribution in [0.25, 0.3) is 0 Å². The van der Waals surface area contributed by atoms with Crippen molar-refractivity contribution in [3.05, 3.63) is 71.5 Å². The van der Waals surface area contributed by atoms with Crippen LogP contribution in [0.1, 0.15) is 49.7 Å². The minimum Gasteiger partial charge on any atom is -0.504 e. The third-order valence-corrected chi connectivity index (χ3v) is 5.87. The van der Waals surface area contributed by atoms with Crippen molar-refractivity contribution < 1.29 is 14.2 Å². The van der Waals surface area contributed by atoms with Gasteiger partial charge >= 0.3 is 0 Å². The van der Waals surface area contributed by atoms with Crippen molar-refractivity contribution in [3.8, 4) is 23.3 Å². The summed E-state index contributed by atoms with van der Waals surface area (Å²) in [7, 11) is 3.40. The lowest BCUT2D eigenvalue weighted by molar-refractivity contribution is 0.200. The molecule has 0 radical (unpaired) electrons. The van der Waals surface area contributed by atoms with Crippen molar-refractivity contribution in [2.45, 2.75) is 50.0 Å². The zero-order chi connectivity index (χ0) is 20.1. The van der Waals surface area contributed by atoms with Gasteiger partial charge in [-0.1, -0.05) is 36.1 Å². The fourth-order valence-corrected chi connectivity index (χ4v) is 4.30. The Labute approximate surface area is 173 Å². The topological polar surface area (TPSA) is 27.7 Å². The highest BCUT2D eigenvalue weighted by molar-refractivity contribution is 5.53. The van der Waals surface area contributed by atoms with Crippen LogP contribution >= 0.6 is 0 Å². The lowest BCUT2D eigenvalue weighted by Crippen LogP contribution is -2.35. The summed E-state index contributed by atoms with van der Waals surface area (Å²) in [6.07, 6.45) is 8.60. The van der Waals surface area contributed by atoms with E-state index in [1.54, 1.807) is 14.2 Å². The molecule has 2 aromatic carbocycles. The van der Waals surface area contributed by atoms with E-state index in [2.05, 4.69) is 24.0 Å². The van der Waals surface area contributed by atoms with Crippen LogP contribution in [0.5, 0.6) is 11.5 Å². The third kappa shape index (κ3) is 4.27. The van der Waals surface area contributed by atoms with Crippen LogP contribution in [0, 0.1) is 11.8 Å². The lowest BCUT2D eigenvalue weighted by Gasteiger charge is -2.40. The van der Waals surface area contributed by atoms with Crippen molar-refractivity contribution in [2.75, 3.05) is 14.2 Å². The maximum Gasteiger partial charge on any atom is 0.161 e. The van der Waals surface area contributed by atoms with E-state index in [-0.39, 0.29) is 11.5 Å². The second-order valence-corrected chi connectivity index (χ2v) is 7.95. The number of hydrogen-bond donors (Lipinski definition) is 0. The number of rotatable bonds is 5. The molecule has 0 amide bonds. The number of allylic oxidation sites excluding steroid dienone is 1. The fourth-order valence-electron chi connectivity index (χ4n) is 4.30. The third-order valence-electron chi connectivity index (χ3n) is 5.87. The first kappa shape index (κ1) is 19.5. The van der Waals surface area contributed by atoms with Gasteiger partial charge in [0.2, 0.25) is 0 Å². The van der Waals surface area contributed by atoms with Crippen molar-refractivity contribution in [1.82, 2.24) is 0 Å². The van der Waals surface area contributed by atoms with Crippen LogP contribution in [-0.4, -0.2) is 20.3 Å². The molecule has 4 rings (SSSR count). The first-order valence-corrected chi connectivity index (χ1v) is 10.4. The molecule has 3 nitrogen and oxygen atoms in total. The quantitative estimate of drug-likeness (QED) is 0.491. The molecule has 2 aromatic rings. The van der Waals surface area contributed by atoms with Gasteiger partial charge < -0.3 is 14.2 Å². The zero-order valence-electron chi connectivity index (χ0n) is 17.2. The monoisotopic (exact) mass is 388 g/mol. The molecule has 3 heteroatoms. The number of benzene rings is 2. The summed E-state index contributed by atoms with van der Waals surface area (Å²) in [4.78, 5) is 0. The van der Waals surface area contributed by atoms with Gasteiger partial charge in [-0.2, -0.15) is 0 Å². The Morgan fingerprint density at radius 3 is 2.41 bits per heavy atom. The van der Waals surface area contributed by atoms with E-state index in [4.69, 9.17) is 14.2 Å². The Bertz CT molecular complexity index is 919. The van der Waals surface area contributed by atoms with Crippen molar-refractivity contribution >= 4 is 0 Å². The number of methoxy groups -OCH3 is 2. The highest BCUT2D eigenvalue weighted by atomic mass is 16.5. The summed E-state index contributed by atoms with van der Waals surface area (Å²) >= 11 is 0. The molecule has 0 unspecified atom stereocenters. The van der Waals surface area contributed by atoms with Crippen LogP contribution in [0.15, 0.2) is 60.4 Å². The Morgan fingerprint density at radius 2 is 1.72 bits per heavy atom. The SMILES string of the molecule is COC=C1CC(C#Cc2ccccc2)(c2ccc(OC)c(OC3CCCC3)c2)C1. The van der Waals surface area contributed by atoms with Gasteiger partial charge in [0.25, 0.3) is 0 Å². The predicted octanol–water partition coefficient (Wildman–Crippen LogP) is 5.63. The lowest BCUT2D eigenvalue weighted by atomic mass is 9.62. The van der Waals surface area contributed by atoms with E-state index in [1.165, 1.54) is 24.0 Å². The molecule has 2 aliphatic carbocycles. The molecule has 0 bridgehead atoms. The molecule has 2 saturated carbocycles. The van der Waals surface area contributed by atoms with Gasteiger partial charge in [0.05, 0.1) is 32.0 Å². The molecular weight excluding hydrogens is 360 g/mol. The van der Waals surface area contributed by atoms with E-state index in [1.807, 2.05) is 42.7 Å². The smallest absolute Gasteiger partial charge is 0.161 e. The molecular formula is C26H28O3. The van der Waals surface area contributed by atoms with Gasteiger partial charge in [-0.25, -0.2) is 0 Å². The molecule has 29 heavy (non-hydrogen) atoms. The molecule has 0 aromatic heterocycles. The summed E-state index contributed by atoms with van der Waals surface area (Å²) in [5.41, 5.74) is 3.28. The molecule has 2 fully saturated rings. The first-order chi connectivity index (χ1) is 14.2. The molecule has 0 aliphatic heterocycles. The van der Waals surface area contributed by atoms with Gasteiger partial charge in [-0.15, -0.1) is 0 Å². The summed E-state index contributed by atoms with van der Waals surface area (Å²) in [5, 5.41) is 0. The molecule has 0 N–H and O–H groups in total. The number of ether oxygens (including phenoxy) is 3. The van der Waals surface area contributed by atoms with Crippen LogP contribution < -0.4 is 9.47 Å². The Kier molecular flexibility index (Phi) is 5.81. The minimum absolute atomic E-state index is 0.222. The fraction of sp³-hybridized carbons (Fsp3) is 0.385. The maximum atomic E-state index is 6.33. The highest BCUT2D eigenvalue weighted by Crippen LogP contribution is 2.49. The summed E-state index contributed by atoms with van der Waals surface area (Å²) in [5.74, 6) is 8.57. The minimum atomic E-state index is -0.222. The average molecular weight is 389 g/mol. The van der Waals surface area contributed by atoms with Crippen molar-refractivity contribution in [3.63, 3.8) is 0 Å². The number of hydrogen-bond acceptors (Lipinski definition) is 3. The molecule has 150 valence electrons. The summed E-state index contributed by atoms with van der Waals surface area (Å²) in [6, 6.07) is 16.4. The van der Waals surface area contributed by atoms with Crippen LogP contribution in [0.4, 0.5) is 0 Å². The van der Waals surface area contributed by atoms with E-state index >= 15 is 0 Å². The normalized spacial score (nSPS) is 21.0. The van der Waals surface area contributed by atoms with Gasteiger partial charge in [0.1, 0.15) is 0 Å². The van der Waals surface area contributed by atoms with E-state index < -0.39 is 0 Å². The second kappa shape index (κ2) is 8.66. The first-order valence-electron chi connectivity index (χ1n) is 10.4. The van der Waals surface area contributed by atoms with Gasteiger partial charge in [-0.05, 0) is 73.9 Å². The average Bonchev–Trinajstić information content (AvgIpc) is 3.23. The molecule has 0 heterocycles. The molecule has 0 saturated heterocycles. The Balaban J connectivity index is 1.67. The highest BCUT2D eigenvalue weighted by Gasteiger charge is 2.42. The second-order valence-electron chi connectivity index (χ2n) is 7.95. The van der Waals surface area contributed by atoms with E-state index in [0.717, 1.165) is 42.7 Å². The van der Waals surface area contributed by atoms with Crippen LogP contribution in [0.3, 0.4) is 0 Å². The summed E-state index contributed by atoms with van der Waals surface area (Å²) < 4.78 is 17.1. The predicted molar refractivity (Wildman–Crippen MR) is 115 cm³/mol. The summed E-state index contributed by atoms with van der Waals surface area (Å²) in [6.45, 7) is 0. The van der Waals surface area contributed by atoms with E-state index in [0.29, 0.717) is 0 Å². The van der Waals surface area contributed by atoms with E-state index in [9.17, 15) is 0 Å². The van der Waals surface area contributed by atoms with Gasteiger partial charge in [0, 0.05) is 5.56 Å². The van der Waals surface area contributed by atoms with Crippen molar-refractivity contribution in [2.24, 2.45) is 0 Å². The molecule has 0 atom stereocenters. The standard InChI is InChI=1S/C26H28O3/c1-27-19-21-17-26(18-21,15-14-20-8-4-3-5-9-20)22-12-13-24(28-2)25(16-22)29-23-10-6-7-11-23/h3-5,8-9,12-13,16,19,23H,6-7,10-11,17-18H2,1-2H3. The van der Waals surface area contributed by atoms with Crippen LogP contribution in [-0.2, 0) is 10.2 Å². The van der Waals surface area contributed by atoms with Gasteiger partial charge in [0.15, 0.2) is 11.5 Å².